The molecule has 25 heavy (non-hydrogen) atoms. The standard InChI is InChI=1S/C21H35NO3/c1-6-8-9-11-22-20(23)25-14-21-13-24-18(10-7-2)19(17(21)5)15(3)12-16(21)4/h7,10,12,16-19H,6,8-9,11,13-14H2,1-5H3,(H,22,23)/b10-7+/t16-,17+,18-,19-,21+/m0/s1. The van der Waals surface area contributed by atoms with Crippen LogP contribution < -0.4 is 5.32 Å². The summed E-state index contributed by atoms with van der Waals surface area (Å²) < 4.78 is 11.8. The van der Waals surface area contributed by atoms with Crippen LogP contribution in [0.3, 0.4) is 0 Å². The number of fused-ring (bicyclic) bond motifs is 2. The fraction of sp³-hybridized carbons (Fsp3) is 0.762. The number of rotatable bonds is 7. The molecule has 0 unspecified atom stereocenters. The van der Waals surface area contributed by atoms with Gasteiger partial charge in [0.2, 0.25) is 0 Å². The molecule has 0 spiro atoms. The summed E-state index contributed by atoms with van der Waals surface area (Å²) in [5.41, 5.74) is 1.26. The minimum Gasteiger partial charge on any atom is -0.449 e. The minimum atomic E-state index is -0.303. The second kappa shape index (κ2) is 8.88. The van der Waals surface area contributed by atoms with E-state index < -0.39 is 0 Å². The third-order valence-corrected chi connectivity index (χ3v) is 6.19. The third-order valence-electron chi connectivity index (χ3n) is 6.19. The number of carbonyl (C=O) groups is 1. The summed E-state index contributed by atoms with van der Waals surface area (Å²) >= 11 is 0. The van der Waals surface area contributed by atoms with Gasteiger partial charge in [-0.3, -0.25) is 0 Å². The molecule has 2 aliphatic rings. The maximum Gasteiger partial charge on any atom is 0.407 e. The number of allylic oxidation sites excluding steroid dienone is 2. The molecule has 0 aromatic carbocycles. The molecule has 1 N–H and O–H groups in total. The zero-order chi connectivity index (χ0) is 18.4. The molecule has 4 nitrogen and oxygen atoms in total. The fourth-order valence-electron chi connectivity index (χ4n) is 4.49. The largest absolute Gasteiger partial charge is 0.449 e. The van der Waals surface area contributed by atoms with E-state index in [0.29, 0.717) is 37.5 Å². The van der Waals surface area contributed by atoms with Crippen molar-refractivity contribution in [2.24, 2.45) is 23.2 Å². The van der Waals surface area contributed by atoms with E-state index in [1.54, 1.807) is 0 Å². The average Bonchev–Trinajstić information content (AvgIpc) is 2.57. The van der Waals surface area contributed by atoms with Crippen molar-refractivity contribution in [3.63, 3.8) is 0 Å². The van der Waals surface area contributed by atoms with Crippen molar-refractivity contribution in [3.8, 4) is 0 Å². The van der Waals surface area contributed by atoms with Crippen molar-refractivity contribution in [1.82, 2.24) is 5.32 Å². The van der Waals surface area contributed by atoms with E-state index >= 15 is 0 Å². The first-order chi connectivity index (χ1) is 12.0. The van der Waals surface area contributed by atoms with Crippen molar-refractivity contribution < 1.29 is 14.3 Å². The maximum absolute atomic E-state index is 12.1. The van der Waals surface area contributed by atoms with Gasteiger partial charge in [-0.2, -0.15) is 0 Å². The predicted octanol–water partition coefficient (Wildman–Crippen LogP) is 4.71. The van der Waals surface area contributed by atoms with Crippen molar-refractivity contribution >= 4 is 6.09 Å². The second-order valence-electron chi connectivity index (χ2n) is 7.76. The van der Waals surface area contributed by atoms with Crippen LogP contribution in [0.4, 0.5) is 4.79 Å². The Morgan fingerprint density at radius 1 is 1.44 bits per heavy atom. The molecule has 0 aromatic rings. The van der Waals surface area contributed by atoms with Crippen LogP contribution in [0.25, 0.3) is 0 Å². The number of unbranched alkanes of at least 4 members (excludes halogenated alkanes) is 2. The van der Waals surface area contributed by atoms with Crippen molar-refractivity contribution in [1.29, 1.82) is 0 Å². The fourth-order valence-corrected chi connectivity index (χ4v) is 4.49. The summed E-state index contributed by atoms with van der Waals surface area (Å²) in [6.07, 6.45) is 9.67. The average molecular weight is 350 g/mol. The van der Waals surface area contributed by atoms with Gasteiger partial charge >= 0.3 is 6.09 Å². The molecule has 5 atom stereocenters. The van der Waals surface area contributed by atoms with E-state index in [1.807, 2.05) is 6.92 Å². The Labute approximate surface area is 153 Å². The summed E-state index contributed by atoms with van der Waals surface area (Å²) in [7, 11) is 0. The third kappa shape index (κ3) is 4.28. The van der Waals surface area contributed by atoms with Crippen molar-refractivity contribution in [2.45, 2.75) is 60.0 Å². The lowest BCUT2D eigenvalue weighted by molar-refractivity contribution is -0.149. The van der Waals surface area contributed by atoms with Gasteiger partial charge in [0.05, 0.1) is 12.7 Å². The Balaban J connectivity index is 2.02. The summed E-state index contributed by atoms with van der Waals surface area (Å²) in [5, 5.41) is 2.87. The summed E-state index contributed by atoms with van der Waals surface area (Å²) in [4.78, 5) is 12.1. The van der Waals surface area contributed by atoms with Crippen LogP contribution >= 0.6 is 0 Å². The summed E-state index contributed by atoms with van der Waals surface area (Å²) in [6.45, 7) is 12.6. The number of hydrogen-bond acceptors (Lipinski definition) is 3. The maximum atomic E-state index is 12.1. The SMILES string of the molecule is C/C=C/[C@@H]1OC[C@]2(COC(=O)NCCCCC)[C@H](C)[C@@H]1C(C)=C[C@@H]2C. The van der Waals surface area contributed by atoms with Crippen LogP contribution in [0.2, 0.25) is 0 Å². The van der Waals surface area contributed by atoms with Crippen LogP contribution in [0.5, 0.6) is 0 Å². The normalized spacial score (nSPS) is 34.7. The zero-order valence-corrected chi connectivity index (χ0v) is 16.5. The van der Waals surface area contributed by atoms with Gasteiger partial charge in [0.15, 0.2) is 0 Å². The lowest BCUT2D eigenvalue weighted by Gasteiger charge is -2.54. The summed E-state index contributed by atoms with van der Waals surface area (Å²) in [5.74, 6) is 1.10. The van der Waals surface area contributed by atoms with Gasteiger partial charge in [-0.25, -0.2) is 4.79 Å². The number of alkyl carbamates (subject to hydrolysis) is 1. The smallest absolute Gasteiger partial charge is 0.407 e. The van der Waals surface area contributed by atoms with Gasteiger partial charge in [0, 0.05) is 17.9 Å². The van der Waals surface area contributed by atoms with E-state index in [2.05, 4.69) is 51.2 Å². The van der Waals surface area contributed by atoms with Crippen LogP contribution in [-0.2, 0) is 9.47 Å². The highest BCUT2D eigenvalue weighted by atomic mass is 16.6. The molecule has 4 heteroatoms. The van der Waals surface area contributed by atoms with Crippen molar-refractivity contribution in [3.05, 3.63) is 23.8 Å². The monoisotopic (exact) mass is 349 g/mol. The number of amides is 1. The van der Waals surface area contributed by atoms with Gasteiger partial charge in [-0.05, 0) is 32.1 Å². The van der Waals surface area contributed by atoms with Crippen LogP contribution in [-0.4, -0.2) is 32.0 Å². The molecule has 0 aromatic heterocycles. The molecule has 1 amide bonds. The Morgan fingerprint density at radius 2 is 2.20 bits per heavy atom. The number of ether oxygens (including phenoxy) is 2. The van der Waals surface area contributed by atoms with Gasteiger partial charge in [-0.1, -0.05) is 57.4 Å². The van der Waals surface area contributed by atoms with Gasteiger partial charge in [-0.15, -0.1) is 0 Å². The number of hydrogen-bond donors (Lipinski definition) is 1. The molecule has 142 valence electrons. The van der Waals surface area contributed by atoms with Crippen LogP contribution in [0.15, 0.2) is 23.8 Å². The highest BCUT2D eigenvalue weighted by Crippen LogP contribution is 2.52. The topological polar surface area (TPSA) is 47.6 Å². The molecule has 2 bridgehead atoms. The Bertz CT molecular complexity index is 513. The van der Waals surface area contributed by atoms with Gasteiger partial charge in [0.1, 0.15) is 6.61 Å². The molecular formula is C21H35NO3. The molecule has 1 heterocycles. The van der Waals surface area contributed by atoms with Crippen molar-refractivity contribution in [2.75, 3.05) is 19.8 Å². The number of nitrogens with one attached hydrogen (secondary N) is 1. The van der Waals surface area contributed by atoms with E-state index in [1.165, 1.54) is 5.57 Å². The van der Waals surface area contributed by atoms with E-state index in [-0.39, 0.29) is 17.6 Å². The zero-order valence-electron chi connectivity index (χ0n) is 16.5. The Kier molecular flexibility index (Phi) is 7.12. The van der Waals surface area contributed by atoms with Gasteiger partial charge in [0.25, 0.3) is 0 Å². The predicted molar refractivity (Wildman–Crippen MR) is 101 cm³/mol. The second-order valence-corrected chi connectivity index (χ2v) is 7.76. The highest BCUT2D eigenvalue weighted by molar-refractivity contribution is 5.67. The molecule has 0 saturated carbocycles. The number of carbonyl (C=O) groups excluding carboxylic acids is 1. The lowest BCUT2D eigenvalue weighted by Crippen LogP contribution is -2.56. The highest BCUT2D eigenvalue weighted by Gasteiger charge is 2.53. The van der Waals surface area contributed by atoms with Gasteiger partial charge < -0.3 is 14.8 Å². The Hall–Kier alpha value is -1.29. The van der Waals surface area contributed by atoms with Crippen LogP contribution in [0, 0.1) is 23.2 Å². The van der Waals surface area contributed by atoms with E-state index in [4.69, 9.17) is 9.47 Å². The first-order valence-electron chi connectivity index (χ1n) is 9.79. The van der Waals surface area contributed by atoms with E-state index in [9.17, 15) is 4.79 Å². The molecule has 1 saturated heterocycles. The molecule has 0 radical (unpaired) electrons. The minimum absolute atomic E-state index is 0.125. The first kappa shape index (κ1) is 20.0. The quantitative estimate of drug-likeness (QED) is 0.535. The molecule has 1 fully saturated rings. The molecule has 1 aliphatic carbocycles. The lowest BCUT2D eigenvalue weighted by atomic mass is 9.56. The first-order valence-corrected chi connectivity index (χ1v) is 9.79. The summed E-state index contributed by atoms with van der Waals surface area (Å²) in [6, 6.07) is 0. The molecular weight excluding hydrogens is 314 g/mol. The Morgan fingerprint density at radius 3 is 2.88 bits per heavy atom. The molecule has 2 rings (SSSR count). The van der Waals surface area contributed by atoms with E-state index in [0.717, 1.165) is 19.3 Å². The molecule has 1 aliphatic heterocycles. The van der Waals surface area contributed by atoms with Crippen LogP contribution in [0.1, 0.15) is 53.9 Å².